The molecule has 1 amide bonds. The highest BCUT2D eigenvalue weighted by atomic mass is 32.2. The first kappa shape index (κ1) is 17.2. The fraction of sp³-hybridized carbons (Fsp3) is 0.900. The van der Waals surface area contributed by atoms with Crippen LogP contribution in [-0.2, 0) is 14.6 Å². The minimum atomic E-state index is -4.48. The van der Waals surface area contributed by atoms with Crippen molar-refractivity contribution in [1.82, 2.24) is 4.90 Å². The van der Waals surface area contributed by atoms with Crippen LogP contribution < -0.4 is 0 Å². The van der Waals surface area contributed by atoms with E-state index in [0.717, 1.165) is 6.26 Å². The number of sulfone groups is 1. The van der Waals surface area contributed by atoms with Crippen molar-refractivity contribution in [3.63, 3.8) is 0 Å². The topological polar surface area (TPSA) is 54.5 Å². The van der Waals surface area contributed by atoms with E-state index < -0.39 is 40.6 Å². The molecule has 0 aromatic carbocycles. The number of nitrogens with zero attached hydrogens (tertiary/aromatic N) is 1. The van der Waals surface area contributed by atoms with Crippen LogP contribution in [0.5, 0.6) is 0 Å². The summed E-state index contributed by atoms with van der Waals surface area (Å²) < 4.78 is 58.6. The lowest BCUT2D eigenvalue weighted by Crippen LogP contribution is -2.41. The van der Waals surface area contributed by atoms with Crippen LogP contribution in [0.2, 0.25) is 0 Å². The molecule has 0 aromatic heterocycles. The van der Waals surface area contributed by atoms with Gasteiger partial charge >= 0.3 is 6.18 Å². The second-order valence-electron chi connectivity index (χ2n) is 4.66. The molecular weight excluding hydrogens is 271 g/mol. The molecule has 0 heterocycles. The van der Waals surface area contributed by atoms with E-state index in [2.05, 4.69) is 0 Å². The Morgan fingerprint density at radius 2 is 1.78 bits per heavy atom. The van der Waals surface area contributed by atoms with Crippen molar-refractivity contribution >= 4 is 15.7 Å². The minimum Gasteiger partial charge on any atom is -0.333 e. The molecule has 4 nitrogen and oxygen atoms in total. The van der Waals surface area contributed by atoms with Crippen molar-refractivity contribution in [2.45, 2.75) is 26.4 Å². The molecule has 0 N–H and O–H groups in total. The van der Waals surface area contributed by atoms with Gasteiger partial charge in [-0.05, 0) is 5.92 Å². The summed E-state index contributed by atoms with van der Waals surface area (Å²) in [5.74, 6) is -1.33. The molecule has 0 aliphatic rings. The van der Waals surface area contributed by atoms with E-state index >= 15 is 0 Å². The zero-order valence-electron chi connectivity index (χ0n) is 10.6. The molecule has 0 fully saturated rings. The first-order chi connectivity index (χ1) is 7.91. The highest BCUT2D eigenvalue weighted by Gasteiger charge is 2.33. The highest BCUT2D eigenvalue weighted by molar-refractivity contribution is 7.90. The van der Waals surface area contributed by atoms with E-state index in [0.29, 0.717) is 4.90 Å². The predicted molar refractivity (Wildman–Crippen MR) is 61.8 cm³/mol. The molecule has 0 unspecified atom stereocenters. The third-order valence-corrected chi connectivity index (χ3v) is 2.94. The zero-order valence-corrected chi connectivity index (χ0v) is 11.4. The van der Waals surface area contributed by atoms with Crippen molar-refractivity contribution in [3.8, 4) is 0 Å². The summed E-state index contributed by atoms with van der Waals surface area (Å²) in [6.07, 6.45) is -3.95. The first-order valence-electron chi connectivity index (χ1n) is 5.43. The average molecular weight is 289 g/mol. The molecule has 0 atom stereocenters. The Morgan fingerprint density at radius 1 is 1.28 bits per heavy atom. The van der Waals surface area contributed by atoms with E-state index in [1.807, 2.05) is 0 Å². The maximum atomic E-state index is 12.3. The third-order valence-electron chi connectivity index (χ3n) is 2.00. The molecule has 0 radical (unpaired) electrons. The van der Waals surface area contributed by atoms with Crippen LogP contribution in [0, 0.1) is 5.92 Å². The third kappa shape index (κ3) is 9.26. The van der Waals surface area contributed by atoms with E-state index in [-0.39, 0.29) is 12.5 Å². The van der Waals surface area contributed by atoms with Crippen LogP contribution in [-0.4, -0.2) is 50.5 Å². The molecule has 108 valence electrons. The second-order valence-corrected chi connectivity index (χ2v) is 6.92. The smallest absolute Gasteiger partial charge is 0.333 e. The lowest BCUT2D eigenvalue weighted by atomic mass is 10.2. The van der Waals surface area contributed by atoms with Gasteiger partial charge in [-0.3, -0.25) is 4.79 Å². The number of hydrogen-bond acceptors (Lipinski definition) is 3. The molecular formula is C10H18F3NO3S. The largest absolute Gasteiger partial charge is 0.406 e. The van der Waals surface area contributed by atoms with Gasteiger partial charge in [-0.25, -0.2) is 8.42 Å². The van der Waals surface area contributed by atoms with Gasteiger partial charge in [0.25, 0.3) is 0 Å². The highest BCUT2D eigenvalue weighted by Crippen LogP contribution is 2.18. The van der Waals surface area contributed by atoms with E-state index in [1.165, 1.54) is 0 Å². The summed E-state index contributed by atoms with van der Waals surface area (Å²) in [4.78, 5) is 12.2. The number of alkyl halides is 3. The fourth-order valence-electron chi connectivity index (χ4n) is 1.34. The van der Waals surface area contributed by atoms with Crippen LogP contribution >= 0.6 is 0 Å². The Labute approximate surface area is 105 Å². The van der Waals surface area contributed by atoms with Gasteiger partial charge in [0.2, 0.25) is 5.91 Å². The maximum absolute atomic E-state index is 12.3. The van der Waals surface area contributed by atoms with Crippen LogP contribution in [0.1, 0.15) is 20.3 Å². The predicted octanol–water partition coefficient (Wildman–Crippen LogP) is 1.47. The monoisotopic (exact) mass is 289 g/mol. The number of amides is 1. The van der Waals surface area contributed by atoms with E-state index in [1.54, 1.807) is 13.8 Å². The molecule has 0 bridgehead atoms. The van der Waals surface area contributed by atoms with Crippen LogP contribution in [0.15, 0.2) is 0 Å². The SMILES string of the molecule is CC(C)CN(CC(F)(F)F)C(=O)CCS(C)(=O)=O. The van der Waals surface area contributed by atoms with Crippen LogP contribution in [0.3, 0.4) is 0 Å². The zero-order chi connectivity index (χ0) is 14.6. The Hall–Kier alpha value is -0.790. The summed E-state index contributed by atoms with van der Waals surface area (Å²) >= 11 is 0. The molecule has 0 rings (SSSR count). The quantitative estimate of drug-likeness (QED) is 0.744. The second kappa shape index (κ2) is 6.40. The molecule has 0 aliphatic heterocycles. The van der Waals surface area contributed by atoms with Gasteiger partial charge in [-0.15, -0.1) is 0 Å². The number of rotatable bonds is 6. The number of hydrogen-bond donors (Lipinski definition) is 0. The lowest BCUT2D eigenvalue weighted by Gasteiger charge is -2.25. The Balaban J connectivity index is 4.60. The van der Waals surface area contributed by atoms with Crippen LogP contribution in [0.4, 0.5) is 13.2 Å². The van der Waals surface area contributed by atoms with Gasteiger partial charge in [-0.2, -0.15) is 13.2 Å². The van der Waals surface area contributed by atoms with Gasteiger partial charge in [0, 0.05) is 19.2 Å². The van der Waals surface area contributed by atoms with Gasteiger partial charge < -0.3 is 4.90 Å². The molecule has 0 spiro atoms. The molecule has 0 saturated carbocycles. The van der Waals surface area contributed by atoms with Gasteiger partial charge in [0.15, 0.2) is 0 Å². The average Bonchev–Trinajstić information content (AvgIpc) is 2.08. The summed E-state index contributed by atoms with van der Waals surface area (Å²) in [6.45, 7) is 2.00. The lowest BCUT2D eigenvalue weighted by molar-refractivity contribution is -0.161. The molecule has 0 aliphatic carbocycles. The van der Waals surface area contributed by atoms with Crippen molar-refractivity contribution in [3.05, 3.63) is 0 Å². The van der Waals surface area contributed by atoms with Gasteiger partial charge in [-0.1, -0.05) is 13.8 Å². The van der Waals surface area contributed by atoms with E-state index in [9.17, 15) is 26.4 Å². The normalized spacial score (nSPS) is 12.8. The van der Waals surface area contributed by atoms with Crippen molar-refractivity contribution in [2.24, 2.45) is 5.92 Å². The standard InChI is InChI=1S/C10H18F3NO3S/c1-8(2)6-14(7-10(11,12)13)9(15)4-5-18(3,16)17/h8H,4-7H2,1-3H3. The van der Waals surface area contributed by atoms with Crippen molar-refractivity contribution < 1.29 is 26.4 Å². The molecule has 0 saturated heterocycles. The molecule has 8 heteroatoms. The number of halogens is 3. The first-order valence-corrected chi connectivity index (χ1v) is 7.49. The van der Waals surface area contributed by atoms with E-state index in [4.69, 9.17) is 0 Å². The summed E-state index contributed by atoms with van der Waals surface area (Å²) in [5.41, 5.74) is 0. The van der Waals surface area contributed by atoms with Crippen molar-refractivity contribution in [1.29, 1.82) is 0 Å². The number of carbonyl (C=O) groups is 1. The Bertz CT molecular complexity index is 376. The maximum Gasteiger partial charge on any atom is 0.406 e. The summed E-state index contributed by atoms with van der Waals surface area (Å²) in [5, 5.41) is 0. The molecule has 18 heavy (non-hydrogen) atoms. The van der Waals surface area contributed by atoms with Crippen molar-refractivity contribution in [2.75, 3.05) is 25.1 Å². The molecule has 0 aromatic rings. The fourth-order valence-corrected chi connectivity index (χ4v) is 1.89. The summed E-state index contributed by atoms with van der Waals surface area (Å²) in [7, 11) is -3.35. The van der Waals surface area contributed by atoms with Gasteiger partial charge in [0.1, 0.15) is 16.4 Å². The minimum absolute atomic E-state index is 0.0396. The van der Waals surface area contributed by atoms with Gasteiger partial charge in [0.05, 0.1) is 5.75 Å². The Kier molecular flexibility index (Phi) is 6.12. The van der Waals surface area contributed by atoms with Crippen LogP contribution in [0.25, 0.3) is 0 Å². The summed E-state index contributed by atoms with van der Waals surface area (Å²) in [6, 6.07) is 0. The number of carbonyl (C=O) groups excluding carboxylic acids is 1. The Morgan fingerprint density at radius 3 is 2.11 bits per heavy atom.